The quantitative estimate of drug-likeness (QED) is 0.435. The number of nitrogens with one attached hydrogen (secondary N) is 1. The van der Waals surface area contributed by atoms with Gasteiger partial charge in [0.2, 0.25) is 5.91 Å². The standard InChI is InChI=1S/C7H13NO2.C5H9NO/c1-6(2)7(9)10-5-4-8-3;1-4-5(7)6(2)3/h8H,1,4-5H2,2-3H3;4H,1H2,2-3H3. The molecule has 0 unspecified atom stereocenters. The first-order valence-electron chi connectivity index (χ1n) is 5.17. The topological polar surface area (TPSA) is 58.6 Å². The number of likely N-dealkylation sites (N-methyl/N-ethyl adjacent to an activating group) is 2. The molecule has 1 amide bonds. The van der Waals surface area contributed by atoms with Crippen molar-refractivity contribution in [3.8, 4) is 0 Å². The smallest absolute Gasteiger partial charge is 0.333 e. The van der Waals surface area contributed by atoms with Crippen molar-refractivity contribution in [2.75, 3.05) is 34.3 Å². The second kappa shape index (κ2) is 10.9. The van der Waals surface area contributed by atoms with Gasteiger partial charge < -0.3 is 15.0 Å². The van der Waals surface area contributed by atoms with Crippen molar-refractivity contribution in [2.45, 2.75) is 6.92 Å². The number of hydrogen-bond donors (Lipinski definition) is 1. The van der Waals surface area contributed by atoms with Gasteiger partial charge in [0.1, 0.15) is 6.61 Å². The van der Waals surface area contributed by atoms with Crippen LogP contribution in [0, 0.1) is 0 Å². The van der Waals surface area contributed by atoms with Gasteiger partial charge in [0.15, 0.2) is 0 Å². The van der Waals surface area contributed by atoms with E-state index < -0.39 is 0 Å². The normalized spacial score (nSPS) is 8.47. The van der Waals surface area contributed by atoms with Crippen molar-refractivity contribution >= 4 is 11.9 Å². The van der Waals surface area contributed by atoms with Crippen LogP contribution in [0.15, 0.2) is 24.8 Å². The number of esters is 1. The third kappa shape index (κ3) is 12.3. The Morgan fingerprint density at radius 3 is 2.18 bits per heavy atom. The van der Waals surface area contributed by atoms with Crippen LogP contribution in [-0.2, 0) is 14.3 Å². The minimum Gasteiger partial charge on any atom is -0.461 e. The molecule has 0 saturated heterocycles. The van der Waals surface area contributed by atoms with E-state index in [2.05, 4.69) is 18.5 Å². The fourth-order valence-electron chi connectivity index (χ4n) is 0.552. The number of hydrogen-bond acceptors (Lipinski definition) is 4. The zero-order valence-corrected chi connectivity index (χ0v) is 11.1. The molecule has 0 saturated carbocycles. The van der Waals surface area contributed by atoms with Gasteiger partial charge in [0.25, 0.3) is 0 Å². The molecule has 1 N–H and O–H groups in total. The van der Waals surface area contributed by atoms with Gasteiger partial charge in [0.05, 0.1) is 0 Å². The molecule has 0 aromatic rings. The highest BCUT2D eigenvalue weighted by molar-refractivity contribution is 5.87. The molecular weight excluding hydrogens is 220 g/mol. The summed E-state index contributed by atoms with van der Waals surface area (Å²) >= 11 is 0. The number of nitrogens with zero attached hydrogens (tertiary/aromatic N) is 1. The summed E-state index contributed by atoms with van der Waals surface area (Å²) in [6.07, 6.45) is 1.28. The Morgan fingerprint density at radius 1 is 1.41 bits per heavy atom. The molecule has 0 aliphatic carbocycles. The van der Waals surface area contributed by atoms with Gasteiger partial charge in [-0.2, -0.15) is 0 Å². The minimum atomic E-state index is -0.324. The van der Waals surface area contributed by atoms with Gasteiger partial charge in [-0.25, -0.2) is 4.79 Å². The molecule has 0 aliphatic rings. The molecule has 5 heteroatoms. The summed E-state index contributed by atoms with van der Waals surface area (Å²) in [6, 6.07) is 0. The average molecular weight is 242 g/mol. The first-order valence-corrected chi connectivity index (χ1v) is 5.17. The summed E-state index contributed by atoms with van der Waals surface area (Å²) < 4.78 is 4.74. The molecule has 0 spiro atoms. The molecule has 0 bridgehead atoms. The van der Waals surface area contributed by atoms with Crippen molar-refractivity contribution in [2.24, 2.45) is 0 Å². The van der Waals surface area contributed by atoms with Crippen molar-refractivity contribution in [1.29, 1.82) is 0 Å². The van der Waals surface area contributed by atoms with Crippen LogP contribution in [0.25, 0.3) is 0 Å². The van der Waals surface area contributed by atoms with E-state index in [1.807, 2.05) is 0 Å². The fourth-order valence-corrected chi connectivity index (χ4v) is 0.552. The van der Waals surface area contributed by atoms with E-state index in [-0.39, 0.29) is 11.9 Å². The summed E-state index contributed by atoms with van der Waals surface area (Å²) in [4.78, 5) is 22.5. The van der Waals surface area contributed by atoms with E-state index in [0.717, 1.165) is 0 Å². The van der Waals surface area contributed by atoms with Crippen LogP contribution >= 0.6 is 0 Å². The lowest BCUT2D eigenvalue weighted by molar-refractivity contribution is -0.138. The molecule has 17 heavy (non-hydrogen) atoms. The maximum atomic E-state index is 10.7. The number of rotatable bonds is 5. The molecular formula is C12H22N2O3. The Balaban J connectivity index is 0. The Bertz CT molecular complexity index is 273. The van der Waals surface area contributed by atoms with Gasteiger partial charge in [0, 0.05) is 26.2 Å². The molecule has 0 heterocycles. The number of carbonyl (C=O) groups excluding carboxylic acids is 2. The highest BCUT2D eigenvalue weighted by atomic mass is 16.5. The van der Waals surface area contributed by atoms with E-state index in [4.69, 9.17) is 4.74 Å². The molecule has 0 aromatic carbocycles. The van der Waals surface area contributed by atoms with Crippen LogP contribution in [0.5, 0.6) is 0 Å². The van der Waals surface area contributed by atoms with Crippen LogP contribution in [-0.4, -0.2) is 51.1 Å². The van der Waals surface area contributed by atoms with Crippen LogP contribution in [0.3, 0.4) is 0 Å². The third-order valence-corrected chi connectivity index (χ3v) is 1.55. The minimum absolute atomic E-state index is 0.0556. The molecule has 0 atom stereocenters. The molecule has 0 fully saturated rings. The summed E-state index contributed by atoms with van der Waals surface area (Å²) in [5.41, 5.74) is 0.441. The lowest BCUT2D eigenvalue weighted by Gasteiger charge is -2.03. The van der Waals surface area contributed by atoms with Crippen LogP contribution in [0.4, 0.5) is 0 Å². The Hall–Kier alpha value is -1.62. The predicted molar refractivity (Wildman–Crippen MR) is 68.6 cm³/mol. The molecule has 0 radical (unpaired) electrons. The van der Waals surface area contributed by atoms with E-state index in [1.165, 1.54) is 11.0 Å². The summed E-state index contributed by atoms with van der Waals surface area (Å²) in [6.45, 7) is 9.44. The third-order valence-electron chi connectivity index (χ3n) is 1.55. The van der Waals surface area contributed by atoms with Crippen molar-refractivity contribution in [3.63, 3.8) is 0 Å². The predicted octanol–water partition coefficient (Wildman–Crippen LogP) is 0.586. The van der Waals surface area contributed by atoms with E-state index in [9.17, 15) is 9.59 Å². The van der Waals surface area contributed by atoms with Crippen molar-refractivity contribution < 1.29 is 14.3 Å². The number of amides is 1. The van der Waals surface area contributed by atoms with Gasteiger partial charge >= 0.3 is 5.97 Å². The summed E-state index contributed by atoms with van der Waals surface area (Å²) in [5.74, 6) is -0.379. The highest BCUT2D eigenvalue weighted by Gasteiger charge is 2.00. The van der Waals surface area contributed by atoms with Gasteiger partial charge in [-0.15, -0.1) is 0 Å². The largest absolute Gasteiger partial charge is 0.461 e. The van der Waals surface area contributed by atoms with Crippen LogP contribution < -0.4 is 5.32 Å². The lowest BCUT2D eigenvalue weighted by atomic mass is 10.4. The van der Waals surface area contributed by atoms with E-state index >= 15 is 0 Å². The van der Waals surface area contributed by atoms with Crippen molar-refractivity contribution in [3.05, 3.63) is 24.8 Å². The number of carbonyl (C=O) groups is 2. The Labute approximate surface area is 103 Å². The Morgan fingerprint density at radius 2 is 1.94 bits per heavy atom. The second-order valence-corrected chi connectivity index (χ2v) is 3.46. The van der Waals surface area contributed by atoms with Gasteiger partial charge in [-0.3, -0.25) is 4.79 Å². The molecule has 0 aromatic heterocycles. The monoisotopic (exact) mass is 242 g/mol. The van der Waals surface area contributed by atoms with E-state index in [1.54, 1.807) is 28.1 Å². The van der Waals surface area contributed by atoms with Crippen molar-refractivity contribution in [1.82, 2.24) is 10.2 Å². The summed E-state index contributed by atoms with van der Waals surface area (Å²) in [5, 5.41) is 2.86. The lowest BCUT2D eigenvalue weighted by Crippen LogP contribution is -2.18. The van der Waals surface area contributed by atoms with Crippen LogP contribution in [0.1, 0.15) is 6.92 Å². The van der Waals surface area contributed by atoms with Gasteiger partial charge in [-0.1, -0.05) is 13.2 Å². The fraction of sp³-hybridized carbons (Fsp3) is 0.500. The molecule has 0 rings (SSSR count). The second-order valence-electron chi connectivity index (χ2n) is 3.46. The maximum Gasteiger partial charge on any atom is 0.333 e. The maximum absolute atomic E-state index is 10.7. The Kier molecular flexibility index (Phi) is 11.4. The summed E-state index contributed by atoms with van der Waals surface area (Å²) in [7, 11) is 5.17. The highest BCUT2D eigenvalue weighted by Crippen LogP contribution is 1.89. The molecule has 98 valence electrons. The zero-order valence-electron chi connectivity index (χ0n) is 11.1. The number of ether oxygens (including phenoxy) is 1. The van der Waals surface area contributed by atoms with E-state index in [0.29, 0.717) is 18.7 Å². The SMILES string of the molecule is C=C(C)C(=O)OCCNC.C=CC(=O)N(C)C. The zero-order chi connectivity index (χ0) is 13.8. The van der Waals surface area contributed by atoms with Gasteiger partial charge in [-0.05, 0) is 20.0 Å². The molecule has 0 aliphatic heterocycles. The molecule has 5 nitrogen and oxygen atoms in total. The van der Waals surface area contributed by atoms with Crippen LogP contribution in [0.2, 0.25) is 0 Å². The first kappa shape index (κ1) is 17.8. The average Bonchev–Trinajstić information content (AvgIpc) is 2.28. The first-order chi connectivity index (χ1) is 7.86.